The van der Waals surface area contributed by atoms with Crippen molar-refractivity contribution in [2.45, 2.75) is 13.5 Å². The third kappa shape index (κ3) is 1.91. The third-order valence-corrected chi connectivity index (χ3v) is 3.67. The zero-order chi connectivity index (χ0) is 12.5. The van der Waals surface area contributed by atoms with Gasteiger partial charge in [0.05, 0.1) is 0 Å². The van der Waals surface area contributed by atoms with Crippen LogP contribution in [0.4, 0.5) is 0 Å². The number of rotatable bonds is 2. The predicted molar refractivity (Wildman–Crippen MR) is 77.2 cm³/mol. The van der Waals surface area contributed by atoms with Crippen molar-refractivity contribution >= 4 is 22.5 Å². The smallest absolute Gasteiger partial charge is 0.0493 e. The van der Waals surface area contributed by atoms with E-state index < -0.39 is 0 Å². The molecule has 0 aliphatic rings. The highest BCUT2D eigenvalue weighted by molar-refractivity contribution is 6.31. The molecular formula is C16H14ClN. The minimum absolute atomic E-state index is 0.818. The molecule has 0 aliphatic heterocycles. The molecule has 0 unspecified atom stereocenters. The van der Waals surface area contributed by atoms with Gasteiger partial charge in [-0.15, -0.1) is 0 Å². The van der Waals surface area contributed by atoms with E-state index in [1.807, 2.05) is 18.2 Å². The normalized spacial score (nSPS) is 11.0. The maximum absolute atomic E-state index is 6.23. The molecule has 0 radical (unpaired) electrons. The van der Waals surface area contributed by atoms with Crippen LogP contribution < -0.4 is 0 Å². The number of aromatic nitrogens is 1. The number of halogens is 1. The Morgan fingerprint density at radius 1 is 1.00 bits per heavy atom. The lowest BCUT2D eigenvalue weighted by Crippen LogP contribution is -2.01. The summed E-state index contributed by atoms with van der Waals surface area (Å²) in [6.07, 6.45) is 0. The first-order valence-electron chi connectivity index (χ1n) is 6.04. The van der Waals surface area contributed by atoms with Crippen LogP contribution in [-0.4, -0.2) is 4.57 Å². The summed E-state index contributed by atoms with van der Waals surface area (Å²) < 4.78 is 2.30. The van der Waals surface area contributed by atoms with Crippen molar-refractivity contribution in [3.63, 3.8) is 0 Å². The average molecular weight is 256 g/mol. The van der Waals surface area contributed by atoms with Crippen molar-refractivity contribution in [3.8, 4) is 0 Å². The molecule has 1 aromatic heterocycles. The van der Waals surface area contributed by atoms with E-state index in [1.165, 1.54) is 16.6 Å². The van der Waals surface area contributed by atoms with Gasteiger partial charge in [0.2, 0.25) is 0 Å². The summed E-state index contributed by atoms with van der Waals surface area (Å²) in [5.41, 5.74) is 3.68. The van der Waals surface area contributed by atoms with E-state index in [0.717, 1.165) is 17.1 Å². The van der Waals surface area contributed by atoms with Gasteiger partial charge in [0, 0.05) is 22.8 Å². The molecule has 90 valence electrons. The summed E-state index contributed by atoms with van der Waals surface area (Å²) in [4.78, 5) is 0. The van der Waals surface area contributed by atoms with E-state index >= 15 is 0 Å². The van der Waals surface area contributed by atoms with E-state index in [-0.39, 0.29) is 0 Å². The van der Waals surface area contributed by atoms with E-state index in [2.05, 4.69) is 47.9 Å². The van der Waals surface area contributed by atoms with Gasteiger partial charge in [-0.05, 0) is 36.1 Å². The molecule has 2 heteroatoms. The van der Waals surface area contributed by atoms with Gasteiger partial charge < -0.3 is 4.57 Å². The highest BCUT2D eigenvalue weighted by atomic mass is 35.5. The van der Waals surface area contributed by atoms with Crippen LogP contribution in [-0.2, 0) is 6.54 Å². The molecule has 0 N–H and O–H groups in total. The van der Waals surface area contributed by atoms with Gasteiger partial charge in [-0.3, -0.25) is 0 Å². The molecule has 0 atom stereocenters. The fourth-order valence-corrected chi connectivity index (χ4v) is 2.55. The van der Waals surface area contributed by atoms with Crippen molar-refractivity contribution in [1.82, 2.24) is 4.57 Å². The number of hydrogen-bond donors (Lipinski definition) is 0. The summed E-state index contributed by atoms with van der Waals surface area (Å²) in [6.45, 7) is 2.95. The maximum Gasteiger partial charge on any atom is 0.0493 e. The molecule has 0 spiro atoms. The fourth-order valence-electron chi connectivity index (χ4n) is 2.36. The number of benzene rings is 2. The van der Waals surface area contributed by atoms with Crippen LogP contribution in [0.1, 0.15) is 11.3 Å². The molecule has 2 aromatic carbocycles. The quantitative estimate of drug-likeness (QED) is 0.628. The summed E-state index contributed by atoms with van der Waals surface area (Å²) in [6, 6.07) is 18.7. The largest absolute Gasteiger partial charge is 0.340 e. The van der Waals surface area contributed by atoms with E-state index in [9.17, 15) is 0 Å². The summed E-state index contributed by atoms with van der Waals surface area (Å²) in [5, 5.41) is 2.11. The first-order valence-corrected chi connectivity index (χ1v) is 6.42. The lowest BCUT2D eigenvalue weighted by Gasteiger charge is -2.09. The van der Waals surface area contributed by atoms with Crippen molar-refractivity contribution < 1.29 is 0 Å². The predicted octanol–water partition coefficient (Wildman–Crippen LogP) is 4.65. The second kappa shape index (κ2) is 4.51. The Morgan fingerprint density at radius 3 is 2.56 bits per heavy atom. The van der Waals surface area contributed by atoms with Crippen LogP contribution >= 0.6 is 11.6 Å². The second-order valence-electron chi connectivity index (χ2n) is 4.52. The van der Waals surface area contributed by atoms with E-state index in [1.54, 1.807) is 0 Å². The van der Waals surface area contributed by atoms with Crippen LogP contribution in [0.25, 0.3) is 10.9 Å². The summed E-state index contributed by atoms with van der Waals surface area (Å²) >= 11 is 6.23. The minimum atomic E-state index is 0.818. The highest BCUT2D eigenvalue weighted by Gasteiger charge is 2.07. The van der Waals surface area contributed by atoms with Gasteiger partial charge in [0.1, 0.15) is 0 Å². The molecule has 3 aromatic rings. The Labute approximate surface area is 112 Å². The number of hydrogen-bond acceptors (Lipinski definition) is 0. The molecule has 18 heavy (non-hydrogen) atoms. The minimum Gasteiger partial charge on any atom is -0.340 e. The van der Waals surface area contributed by atoms with Gasteiger partial charge in [-0.1, -0.05) is 48.0 Å². The average Bonchev–Trinajstić information content (AvgIpc) is 2.69. The standard InChI is InChI=1S/C16H14ClN/c1-12-10-13-6-3-5-9-16(13)18(12)11-14-7-2-4-8-15(14)17/h2-10H,11H2,1H3. The monoisotopic (exact) mass is 255 g/mol. The van der Waals surface area contributed by atoms with Crippen LogP contribution in [0.2, 0.25) is 5.02 Å². The molecule has 1 heterocycles. The number of fused-ring (bicyclic) bond motifs is 1. The first-order chi connectivity index (χ1) is 8.75. The van der Waals surface area contributed by atoms with Crippen LogP contribution in [0.3, 0.4) is 0 Å². The van der Waals surface area contributed by atoms with Crippen LogP contribution in [0.15, 0.2) is 54.6 Å². The van der Waals surface area contributed by atoms with Gasteiger partial charge in [-0.25, -0.2) is 0 Å². The SMILES string of the molecule is Cc1cc2ccccc2n1Cc1ccccc1Cl. The molecule has 3 rings (SSSR count). The Morgan fingerprint density at radius 2 is 1.72 bits per heavy atom. The van der Waals surface area contributed by atoms with Crippen molar-refractivity contribution in [2.24, 2.45) is 0 Å². The van der Waals surface area contributed by atoms with E-state index in [4.69, 9.17) is 11.6 Å². The summed E-state index contributed by atoms with van der Waals surface area (Å²) in [5.74, 6) is 0. The van der Waals surface area contributed by atoms with Gasteiger partial charge in [-0.2, -0.15) is 0 Å². The second-order valence-corrected chi connectivity index (χ2v) is 4.93. The Hall–Kier alpha value is -1.73. The Bertz CT molecular complexity index is 697. The lowest BCUT2D eigenvalue weighted by molar-refractivity contribution is 0.805. The third-order valence-electron chi connectivity index (χ3n) is 3.30. The Kier molecular flexibility index (Phi) is 2.85. The summed E-state index contributed by atoms with van der Waals surface area (Å²) in [7, 11) is 0. The van der Waals surface area contributed by atoms with Crippen molar-refractivity contribution in [1.29, 1.82) is 0 Å². The molecule has 0 amide bonds. The lowest BCUT2D eigenvalue weighted by atomic mass is 10.2. The molecule has 0 bridgehead atoms. The zero-order valence-electron chi connectivity index (χ0n) is 10.2. The molecule has 0 fully saturated rings. The molecule has 0 saturated heterocycles. The number of nitrogens with zero attached hydrogens (tertiary/aromatic N) is 1. The number of para-hydroxylation sites is 1. The van der Waals surface area contributed by atoms with Crippen molar-refractivity contribution in [3.05, 3.63) is 70.9 Å². The first kappa shape index (κ1) is 11.4. The van der Waals surface area contributed by atoms with Gasteiger partial charge >= 0.3 is 0 Å². The molecule has 0 saturated carbocycles. The molecule has 0 aliphatic carbocycles. The van der Waals surface area contributed by atoms with Crippen molar-refractivity contribution in [2.75, 3.05) is 0 Å². The van der Waals surface area contributed by atoms with E-state index in [0.29, 0.717) is 0 Å². The van der Waals surface area contributed by atoms with Gasteiger partial charge in [0.15, 0.2) is 0 Å². The van der Waals surface area contributed by atoms with Crippen LogP contribution in [0.5, 0.6) is 0 Å². The molecular weight excluding hydrogens is 242 g/mol. The topological polar surface area (TPSA) is 4.93 Å². The maximum atomic E-state index is 6.23. The Balaban J connectivity index is 2.10. The zero-order valence-corrected chi connectivity index (χ0v) is 11.0. The van der Waals surface area contributed by atoms with Gasteiger partial charge in [0.25, 0.3) is 0 Å². The number of aryl methyl sites for hydroxylation is 1. The molecule has 1 nitrogen and oxygen atoms in total. The fraction of sp³-hybridized carbons (Fsp3) is 0.125. The highest BCUT2D eigenvalue weighted by Crippen LogP contribution is 2.23. The van der Waals surface area contributed by atoms with Crippen LogP contribution in [0, 0.1) is 6.92 Å².